The fraction of sp³-hybridized carbons (Fsp3) is 0.760. The summed E-state index contributed by atoms with van der Waals surface area (Å²) in [6.45, 7) is 5.08. The van der Waals surface area contributed by atoms with Crippen LogP contribution in [0.5, 0.6) is 0 Å². The van der Waals surface area contributed by atoms with Gasteiger partial charge in [0.1, 0.15) is 0 Å². The van der Waals surface area contributed by atoms with E-state index in [1.807, 2.05) is 0 Å². The van der Waals surface area contributed by atoms with E-state index in [9.17, 15) is 5.11 Å². The Hall–Kier alpha value is -0.820. The minimum Gasteiger partial charge on any atom is -0.385 e. The first-order valence-corrected chi connectivity index (χ1v) is 11.3. The Morgan fingerprint density at radius 1 is 0.808 bits per heavy atom. The van der Waals surface area contributed by atoms with Gasteiger partial charge in [-0.05, 0) is 86.0 Å². The number of aliphatic hydroxyl groups is 1. The summed E-state index contributed by atoms with van der Waals surface area (Å²) in [6, 6.07) is 10.6. The molecule has 142 valence electrons. The molecule has 0 aliphatic heterocycles. The Bertz CT molecular complexity index is 668. The lowest BCUT2D eigenvalue weighted by molar-refractivity contribution is -0.154. The van der Waals surface area contributed by atoms with Crippen molar-refractivity contribution < 1.29 is 5.11 Å². The van der Waals surface area contributed by atoms with Gasteiger partial charge >= 0.3 is 0 Å². The van der Waals surface area contributed by atoms with Crippen molar-refractivity contribution in [2.75, 3.05) is 0 Å². The van der Waals surface area contributed by atoms with E-state index in [1.54, 1.807) is 0 Å². The summed E-state index contributed by atoms with van der Waals surface area (Å²) in [7, 11) is 0. The van der Waals surface area contributed by atoms with Crippen LogP contribution in [0, 0.1) is 34.5 Å². The SMILES string of the molecule is C[C@@]12CCCC[C@@H]1CC[C@@H]1[C@H]3CC[C@](O)(c4ccccc4)[C@@]3(C)CC[C@@H]12. The van der Waals surface area contributed by atoms with Crippen molar-refractivity contribution in [3.63, 3.8) is 0 Å². The molecule has 4 aliphatic carbocycles. The van der Waals surface area contributed by atoms with E-state index in [1.165, 1.54) is 63.4 Å². The van der Waals surface area contributed by atoms with Gasteiger partial charge in [0.2, 0.25) is 0 Å². The highest BCUT2D eigenvalue weighted by molar-refractivity contribution is 5.29. The number of rotatable bonds is 1. The fourth-order valence-electron chi connectivity index (χ4n) is 8.50. The van der Waals surface area contributed by atoms with E-state index in [0.29, 0.717) is 11.3 Å². The molecule has 5 rings (SSSR count). The van der Waals surface area contributed by atoms with Crippen LogP contribution in [-0.4, -0.2) is 5.11 Å². The second-order valence-electron chi connectivity index (χ2n) is 10.6. The lowest BCUT2D eigenvalue weighted by atomic mass is 9.44. The first-order valence-electron chi connectivity index (χ1n) is 11.3. The molecular weight excluding hydrogens is 316 g/mol. The van der Waals surface area contributed by atoms with Crippen LogP contribution in [0.3, 0.4) is 0 Å². The van der Waals surface area contributed by atoms with Crippen molar-refractivity contribution in [1.82, 2.24) is 0 Å². The third-order valence-electron chi connectivity index (χ3n) is 9.99. The molecule has 0 bridgehead atoms. The predicted octanol–water partition coefficient (Wildman–Crippen LogP) is 6.31. The largest absolute Gasteiger partial charge is 0.385 e. The molecule has 1 nitrogen and oxygen atoms in total. The normalized spacial score (nSPS) is 50.6. The molecule has 0 heterocycles. The zero-order valence-corrected chi connectivity index (χ0v) is 16.7. The Balaban J connectivity index is 1.49. The van der Waals surface area contributed by atoms with Crippen LogP contribution in [0.2, 0.25) is 0 Å². The minimum atomic E-state index is -0.617. The van der Waals surface area contributed by atoms with Crippen molar-refractivity contribution >= 4 is 0 Å². The van der Waals surface area contributed by atoms with E-state index >= 15 is 0 Å². The maximum absolute atomic E-state index is 11.9. The van der Waals surface area contributed by atoms with Gasteiger partial charge < -0.3 is 5.11 Å². The molecule has 1 aromatic carbocycles. The average Bonchev–Trinajstić information content (AvgIpc) is 2.94. The van der Waals surface area contributed by atoms with Gasteiger partial charge in [0.05, 0.1) is 5.60 Å². The first-order chi connectivity index (χ1) is 12.5. The van der Waals surface area contributed by atoms with E-state index in [0.717, 1.165) is 24.2 Å². The van der Waals surface area contributed by atoms with Gasteiger partial charge in [-0.2, -0.15) is 0 Å². The van der Waals surface area contributed by atoms with Gasteiger partial charge in [-0.3, -0.25) is 0 Å². The molecule has 7 atom stereocenters. The number of fused-ring (bicyclic) bond motifs is 5. The van der Waals surface area contributed by atoms with Crippen LogP contribution in [-0.2, 0) is 5.60 Å². The Morgan fingerprint density at radius 2 is 1.58 bits per heavy atom. The van der Waals surface area contributed by atoms with E-state index in [2.05, 4.69) is 44.2 Å². The smallest absolute Gasteiger partial charge is 0.0952 e. The highest BCUT2D eigenvalue weighted by Gasteiger charge is 2.64. The van der Waals surface area contributed by atoms with Crippen LogP contribution in [0.25, 0.3) is 0 Å². The van der Waals surface area contributed by atoms with Gasteiger partial charge in [-0.15, -0.1) is 0 Å². The third kappa shape index (κ3) is 2.13. The fourth-order valence-corrected chi connectivity index (χ4v) is 8.50. The van der Waals surface area contributed by atoms with Crippen LogP contribution in [0.15, 0.2) is 30.3 Å². The number of hydrogen-bond acceptors (Lipinski definition) is 1. The number of hydrogen-bond donors (Lipinski definition) is 1. The molecule has 0 amide bonds. The molecule has 1 N–H and O–H groups in total. The standard InChI is InChI=1S/C25H36O/c1-23-15-7-6-8-18(23)11-12-20-21(23)13-16-24(2)22(20)14-17-25(24,26)19-9-4-3-5-10-19/h3-5,9-10,18,20-22,26H,6-8,11-17H2,1-2H3/t18-,20+,21+,22-,23-,24+,25+/m1/s1. The van der Waals surface area contributed by atoms with Gasteiger partial charge in [0, 0.05) is 5.41 Å². The maximum atomic E-state index is 11.9. The lowest BCUT2D eigenvalue weighted by Crippen LogP contribution is -2.55. The minimum absolute atomic E-state index is 0.0629. The quantitative estimate of drug-likeness (QED) is 0.628. The van der Waals surface area contributed by atoms with Gasteiger partial charge in [-0.1, -0.05) is 57.0 Å². The molecule has 4 fully saturated rings. The van der Waals surface area contributed by atoms with Crippen molar-refractivity contribution in [2.45, 2.75) is 83.7 Å². The molecule has 0 spiro atoms. The molecule has 0 unspecified atom stereocenters. The average molecular weight is 353 g/mol. The van der Waals surface area contributed by atoms with Gasteiger partial charge in [0.25, 0.3) is 0 Å². The van der Waals surface area contributed by atoms with Crippen molar-refractivity contribution in [2.24, 2.45) is 34.5 Å². The summed E-state index contributed by atoms with van der Waals surface area (Å²) in [5.41, 5.74) is 1.21. The number of benzene rings is 1. The highest BCUT2D eigenvalue weighted by atomic mass is 16.3. The molecule has 4 saturated carbocycles. The Morgan fingerprint density at radius 3 is 2.38 bits per heavy atom. The summed E-state index contributed by atoms with van der Waals surface area (Å²) >= 11 is 0. The van der Waals surface area contributed by atoms with E-state index in [4.69, 9.17) is 0 Å². The Labute approximate surface area is 159 Å². The molecule has 0 radical (unpaired) electrons. The summed E-state index contributed by atoms with van der Waals surface area (Å²) in [6.07, 6.45) is 13.5. The third-order valence-corrected chi connectivity index (χ3v) is 9.99. The van der Waals surface area contributed by atoms with Crippen molar-refractivity contribution in [3.8, 4) is 0 Å². The summed E-state index contributed by atoms with van der Waals surface area (Å²) in [5, 5.41) is 11.9. The van der Waals surface area contributed by atoms with Crippen molar-refractivity contribution in [3.05, 3.63) is 35.9 Å². The zero-order valence-electron chi connectivity index (χ0n) is 16.7. The van der Waals surface area contributed by atoms with Crippen LogP contribution in [0.1, 0.15) is 83.6 Å². The maximum Gasteiger partial charge on any atom is 0.0952 e. The molecule has 1 heteroatoms. The van der Waals surface area contributed by atoms with Crippen LogP contribution < -0.4 is 0 Å². The van der Waals surface area contributed by atoms with E-state index in [-0.39, 0.29) is 5.41 Å². The molecule has 4 aliphatic rings. The topological polar surface area (TPSA) is 20.2 Å². The molecule has 1 aromatic rings. The second-order valence-corrected chi connectivity index (χ2v) is 10.6. The van der Waals surface area contributed by atoms with Gasteiger partial charge in [0.15, 0.2) is 0 Å². The second kappa shape index (κ2) is 5.84. The summed E-state index contributed by atoms with van der Waals surface area (Å²) in [4.78, 5) is 0. The highest BCUT2D eigenvalue weighted by Crippen LogP contribution is 2.69. The Kier molecular flexibility index (Phi) is 3.88. The van der Waals surface area contributed by atoms with Crippen molar-refractivity contribution in [1.29, 1.82) is 0 Å². The lowest BCUT2D eigenvalue weighted by Gasteiger charge is -2.61. The molecule has 26 heavy (non-hydrogen) atoms. The van der Waals surface area contributed by atoms with Crippen LogP contribution in [0.4, 0.5) is 0 Å². The summed E-state index contributed by atoms with van der Waals surface area (Å²) in [5.74, 6) is 3.46. The van der Waals surface area contributed by atoms with E-state index < -0.39 is 5.60 Å². The zero-order chi connectivity index (χ0) is 18.0. The monoisotopic (exact) mass is 352 g/mol. The first kappa shape index (κ1) is 17.3. The summed E-state index contributed by atoms with van der Waals surface area (Å²) < 4.78 is 0. The van der Waals surface area contributed by atoms with Crippen LogP contribution >= 0.6 is 0 Å². The molecule has 0 saturated heterocycles. The molecular formula is C25H36O. The molecule has 0 aromatic heterocycles. The van der Waals surface area contributed by atoms with Gasteiger partial charge in [-0.25, -0.2) is 0 Å². The predicted molar refractivity (Wildman–Crippen MR) is 107 cm³/mol.